The van der Waals surface area contributed by atoms with Crippen molar-refractivity contribution in [3.05, 3.63) is 52.3 Å². The number of benzene rings is 2. The van der Waals surface area contributed by atoms with Crippen LogP contribution in [0.3, 0.4) is 0 Å². The van der Waals surface area contributed by atoms with Crippen LogP contribution in [0.4, 0.5) is 10.1 Å². The van der Waals surface area contributed by atoms with Gasteiger partial charge in [-0.05, 0) is 37.3 Å². The molecule has 0 aliphatic rings. The van der Waals surface area contributed by atoms with Gasteiger partial charge in [0.15, 0.2) is 17.3 Å². The summed E-state index contributed by atoms with van der Waals surface area (Å²) >= 11 is 3.24. The quantitative estimate of drug-likeness (QED) is 0.681. The normalized spacial score (nSPS) is 10.3. The van der Waals surface area contributed by atoms with Crippen molar-refractivity contribution in [3.8, 4) is 11.5 Å². The first-order valence-electron chi connectivity index (χ1n) is 5.51. The molecule has 2 rings (SSSR count). The van der Waals surface area contributed by atoms with Crippen molar-refractivity contribution in [1.82, 2.24) is 0 Å². The Morgan fingerprint density at radius 2 is 2.00 bits per heavy atom. The summed E-state index contributed by atoms with van der Waals surface area (Å²) in [6, 6.07) is 9.03. The first-order valence-corrected chi connectivity index (χ1v) is 6.30. The number of nitrogens with two attached hydrogens (primary N) is 1. The molecule has 2 aromatic carbocycles. The SMILES string of the molecule is CC(=O)c1ccc(Oc2cc(Br)ccc2F)cc1N. The second-order valence-electron chi connectivity index (χ2n) is 3.98. The maximum Gasteiger partial charge on any atom is 0.165 e. The zero-order valence-corrected chi connectivity index (χ0v) is 11.7. The van der Waals surface area contributed by atoms with E-state index >= 15 is 0 Å². The topological polar surface area (TPSA) is 52.3 Å². The Morgan fingerprint density at radius 1 is 1.26 bits per heavy atom. The predicted molar refractivity (Wildman–Crippen MR) is 75.0 cm³/mol. The van der Waals surface area contributed by atoms with E-state index < -0.39 is 5.82 Å². The van der Waals surface area contributed by atoms with E-state index in [1.807, 2.05) is 0 Å². The van der Waals surface area contributed by atoms with Crippen LogP contribution >= 0.6 is 15.9 Å². The maximum atomic E-state index is 13.5. The lowest BCUT2D eigenvalue weighted by atomic mass is 10.1. The molecule has 0 spiro atoms. The Kier molecular flexibility index (Phi) is 3.85. The highest BCUT2D eigenvalue weighted by Crippen LogP contribution is 2.29. The summed E-state index contributed by atoms with van der Waals surface area (Å²) in [5, 5.41) is 0. The fourth-order valence-electron chi connectivity index (χ4n) is 1.61. The molecule has 5 heteroatoms. The number of anilines is 1. The van der Waals surface area contributed by atoms with Gasteiger partial charge in [-0.2, -0.15) is 0 Å². The van der Waals surface area contributed by atoms with Crippen LogP contribution in [-0.2, 0) is 0 Å². The number of halogens is 2. The third-order valence-electron chi connectivity index (χ3n) is 2.52. The number of carbonyl (C=O) groups excluding carboxylic acids is 1. The summed E-state index contributed by atoms with van der Waals surface area (Å²) in [4.78, 5) is 11.2. The largest absolute Gasteiger partial charge is 0.454 e. The molecule has 0 bridgehead atoms. The molecule has 98 valence electrons. The number of Topliss-reactive ketones (excluding diaryl/α,β-unsaturated/α-hetero) is 1. The zero-order chi connectivity index (χ0) is 14.0. The number of carbonyl (C=O) groups is 1. The molecular formula is C14H11BrFNO2. The van der Waals surface area contributed by atoms with Gasteiger partial charge < -0.3 is 10.5 Å². The molecule has 0 aromatic heterocycles. The number of hydrogen-bond donors (Lipinski definition) is 1. The summed E-state index contributed by atoms with van der Waals surface area (Å²) in [5.41, 5.74) is 6.46. The van der Waals surface area contributed by atoms with Crippen LogP contribution in [0.25, 0.3) is 0 Å². The first kappa shape index (κ1) is 13.5. The molecule has 0 heterocycles. The minimum absolute atomic E-state index is 0.0874. The molecule has 0 saturated heterocycles. The number of ketones is 1. The first-order chi connectivity index (χ1) is 8.97. The van der Waals surface area contributed by atoms with Crippen LogP contribution in [0.1, 0.15) is 17.3 Å². The average molecular weight is 324 g/mol. The third kappa shape index (κ3) is 3.12. The molecule has 2 N–H and O–H groups in total. The van der Waals surface area contributed by atoms with Gasteiger partial charge in [-0.3, -0.25) is 4.79 Å². The second kappa shape index (κ2) is 5.40. The van der Waals surface area contributed by atoms with Crippen molar-refractivity contribution in [1.29, 1.82) is 0 Å². The Hall–Kier alpha value is -1.88. The number of ether oxygens (including phenoxy) is 1. The molecule has 0 radical (unpaired) electrons. The van der Waals surface area contributed by atoms with E-state index in [9.17, 15) is 9.18 Å². The smallest absolute Gasteiger partial charge is 0.165 e. The maximum absolute atomic E-state index is 13.5. The van der Waals surface area contributed by atoms with Gasteiger partial charge in [0.05, 0.1) is 0 Å². The number of hydrogen-bond acceptors (Lipinski definition) is 3. The molecule has 3 nitrogen and oxygen atoms in total. The lowest BCUT2D eigenvalue weighted by Crippen LogP contribution is -1.99. The second-order valence-corrected chi connectivity index (χ2v) is 4.90. The molecule has 2 aromatic rings. The fraction of sp³-hybridized carbons (Fsp3) is 0.0714. The van der Waals surface area contributed by atoms with E-state index in [1.165, 1.54) is 25.1 Å². The van der Waals surface area contributed by atoms with Gasteiger partial charge in [-0.15, -0.1) is 0 Å². The summed E-state index contributed by atoms with van der Waals surface area (Å²) < 4.78 is 19.6. The highest BCUT2D eigenvalue weighted by molar-refractivity contribution is 9.10. The van der Waals surface area contributed by atoms with E-state index in [-0.39, 0.29) is 11.5 Å². The molecule has 19 heavy (non-hydrogen) atoms. The Balaban J connectivity index is 2.31. The van der Waals surface area contributed by atoms with Gasteiger partial charge in [0.1, 0.15) is 5.75 Å². The molecule has 0 atom stereocenters. The molecule has 0 amide bonds. The van der Waals surface area contributed by atoms with E-state index in [0.29, 0.717) is 21.5 Å². The highest BCUT2D eigenvalue weighted by Gasteiger charge is 2.09. The Bertz CT molecular complexity index is 643. The molecule has 0 saturated carbocycles. The average Bonchev–Trinajstić information content (AvgIpc) is 2.33. The summed E-state index contributed by atoms with van der Waals surface area (Å²) in [6.45, 7) is 1.43. The lowest BCUT2D eigenvalue weighted by molar-refractivity contribution is 0.101. The molecular weight excluding hydrogens is 313 g/mol. The van der Waals surface area contributed by atoms with Crippen LogP contribution in [0, 0.1) is 5.82 Å². The van der Waals surface area contributed by atoms with Crippen LogP contribution in [-0.4, -0.2) is 5.78 Å². The van der Waals surface area contributed by atoms with E-state index in [2.05, 4.69) is 15.9 Å². The number of rotatable bonds is 3. The molecule has 0 unspecified atom stereocenters. The molecule has 0 aliphatic carbocycles. The van der Waals surface area contributed by atoms with Crippen molar-refractivity contribution >= 4 is 27.4 Å². The minimum atomic E-state index is -0.475. The predicted octanol–water partition coefficient (Wildman–Crippen LogP) is 4.17. The summed E-state index contributed by atoms with van der Waals surface area (Å²) in [5.74, 6) is -0.140. The summed E-state index contributed by atoms with van der Waals surface area (Å²) in [6.07, 6.45) is 0. The van der Waals surface area contributed by atoms with Gasteiger partial charge in [0.25, 0.3) is 0 Å². The van der Waals surface area contributed by atoms with Crippen LogP contribution in [0.15, 0.2) is 40.9 Å². The molecule has 0 fully saturated rings. The van der Waals surface area contributed by atoms with E-state index in [4.69, 9.17) is 10.5 Å². The van der Waals surface area contributed by atoms with Crippen LogP contribution < -0.4 is 10.5 Å². The van der Waals surface area contributed by atoms with E-state index in [0.717, 1.165) is 0 Å². The summed E-state index contributed by atoms with van der Waals surface area (Å²) in [7, 11) is 0. The number of nitrogen functional groups attached to an aromatic ring is 1. The van der Waals surface area contributed by atoms with Crippen molar-refractivity contribution in [2.75, 3.05) is 5.73 Å². The van der Waals surface area contributed by atoms with Crippen LogP contribution in [0.5, 0.6) is 11.5 Å². The van der Waals surface area contributed by atoms with Gasteiger partial charge in [0, 0.05) is 21.8 Å². The highest BCUT2D eigenvalue weighted by atomic mass is 79.9. The van der Waals surface area contributed by atoms with Gasteiger partial charge in [-0.1, -0.05) is 15.9 Å². The van der Waals surface area contributed by atoms with Gasteiger partial charge in [-0.25, -0.2) is 4.39 Å². The van der Waals surface area contributed by atoms with Crippen molar-refractivity contribution in [2.24, 2.45) is 0 Å². The Labute approximate surface area is 118 Å². The van der Waals surface area contributed by atoms with Gasteiger partial charge >= 0.3 is 0 Å². The minimum Gasteiger partial charge on any atom is -0.454 e. The van der Waals surface area contributed by atoms with Crippen molar-refractivity contribution < 1.29 is 13.9 Å². The lowest BCUT2D eigenvalue weighted by Gasteiger charge is -2.09. The fourth-order valence-corrected chi connectivity index (χ4v) is 1.95. The monoisotopic (exact) mass is 323 g/mol. The third-order valence-corrected chi connectivity index (χ3v) is 3.02. The Morgan fingerprint density at radius 3 is 2.63 bits per heavy atom. The van der Waals surface area contributed by atoms with Crippen molar-refractivity contribution in [3.63, 3.8) is 0 Å². The molecule has 0 aliphatic heterocycles. The van der Waals surface area contributed by atoms with Crippen LogP contribution in [0.2, 0.25) is 0 Å². The zero-order valence-electron chi connectivity index (χ0n) is 10.1. The van der Waals surface area contributed by atoms with Crippen molar-refractivity contribution in [2.45, 2.75) is 6.92 Å². The standard InChI is InChI=1S/C14H11BrFNO2/c1-8(18)11-4-3-10(7-13(11)17)19-14-6-9(15)2-5-12(14)16/h2-7H,17H2,1H3. The van der Waals surface area contributed by atoms with Gasteiger partial charge in [0.2, 0.25) is 0 Å². The van der Waals surface area contributed by atoms with E-state index in [1.54, 1.807) is 18.2 Å².